The van der Waals surface area contributed by atoms with E-state index in [1.807, 2.05) is 0 Å². The Morgan fingerprint density at radius 1 is 0.383 bits per heavy atom. The standard InChI is InChI=1S/C89H100BN3O/c1-53-24-22-23-25-62(53)56-46-75-80-76(47-56)93(73-51-68-65(45-55(73)3)85(12,13)39-42-88(68,18)19)81-71(36-37-77-79(81)63-49-66-69(52-78(63)94-77)89(20,21)43-40-86(66,14)15)90(80)70-35-34-61(48-74(70)92(75)72-50-67-64(44-54(72)2)84(10,11)38-41-87(67,16)17)91(59-30-26-57(27-31-59)82(4,5)6)60-32-28-58(29-33-60)83(7,8)9/h22-37,44-52H,38-43H2,1-21H3. The first kappa shape index (κ1) is 62.4. The predicted octanol–water partition coefficient (Wildman–Crippen LogP) is 23.4. The summed E-state index contributed by atoms with van der Waals surface area (Å²) in [6, 6.07) is 60.8. The van der Waals surface area contributed by atoms with Gasteiger partial charge in [0.05, 0.1) is 11.1 Å². The molecule has 0 fully saturated rings. The van der Waals surface area contributed by atoms with Crippen LogP contribution in [0.5, 0.6) is 0 Å². The van der Waals surface area contributed by atoms with Gasteiger partial charge in [-0.25, -0.2) is 0 Å². The second kappa shape index (κ2) is 20.6. The van der Waals surface area contributed by atoms with E-state index < -0.39 is 0 Å². The van der Waals surface area contributed by atoms with E-state index in [9.17, 15) is 0 Å². The van der Waals surface area contributed by atoms with Gasteiger partial charge in [0.2, 0.25) is 0 Å². The molecule has 4 nitrogen and oxygen atoms in total. The van der Waals surface area contributed by atoms with Gasteiger partial charge in [0, 0.05) is 50.9 Å². The maximum absolute atomic E-state index is 7.39. The summed E-state index contributed by atoms with van der Waals surface area (Å²) in [5.74, 6) is 0. The van der Waals surface area contributed by atoms with Gasteiger partial charge in [-0.2, -0.15) is 0 Å². The Labute approximate surface area is 563 Å². The number of benzene rings is 9. The third-order valence-electron chi connectivity index (χ3n) is 24.1. The molecule has 0 unspecified atom stereocenters. The molecule has 480 valence electrons. The number of anilines is 9. The molecule has 3 aliphatic carbocycles. The molecule has 1 aromatic heterocycles. The van der Waals surface area contributed by atoms with Crippen molar-refractivity contribution in [1.29, 1.82) is 0 Å². The molecule has 10 aromatic rings. The van der Waals surface area contributed by atoms with Crippen LogP contribution in [0.1, 0.15) is 224 Å². The Morgan fingerprint density at radius 3 is 1.30 bits per heavy atom. The topological polar surface area (TPSA) is 22.9 Å². The number of aryl methyl sites for hydroxylation is 3. The molecule has 0 atom stereocenters. The van der Waals surface area contributed by atoms with Crippen molar-refractivity contribution in [1.82, 2.24) is 0 Å². The third-order valence-corrected chi connectivity index (χ3v) is 24.1. The number of nitrogens with zero attached hydrogens (tertiary/aromatic N) is 3. The zero-order valence-electron chi connectivity index (χ0n) is 60.5. The molecule has 5 heteroatoms. The lowest BCUT2D eigenvalue weighted by molar-refractivity contribution is 0.332. The quantitative estimate of drug-likeness (QED) is 0.155. The van der Waals surface area contributed by atoms with Gasteiger partial charge in [-0.05, 0) is 270 Å². The molecular weight excluding hydrogens is 1140 g/mol. The van der Waals surface area contributed by atoms with E-state index in [0.29, 0.717) is 0 Å². The van der Waals surface area contributed by atoms with Gasteiger partial charge < -0.3 is 19.1 Å². The first-order chi connectivity index (χ1) is 44.0. The van der Waals surface area contributed by atoms with Gasteiger partial charge in [-0.15, -0.1) is 0 Å². The lowest BCUT2D eigenvalue weighted by Gasteiger charge is -2.47. The van der Waals surface area contributed by atoms with Crippen molar-refractivity contribution in [2.45, 2.75) is 227 Å². The minimum absolute atomic E-state index is 0.00312. The smallest absolute Gasteiger partial charge is 0.252 e. The predicted molar refractivity (Wildman–Crippen MR) is 405 cm³/mol. The van der Waals surface area contributed by atoms with Crippen LogP contribution in [0.2, 0.25) is 0 Å². The third kappa shape index (κ3) is 9.63. The molecule has 3 heterocycles. The van der Waals surface area contributed by atoms with Gasteiger partial charge in [0.1, 0.15) is 11.2 Å². The molecular formula is C89H100BN3O. The fourth-order valence-electron chi connectivity index (χ4n) is 17.7. The molecule has 5 aliphatic rings. The molecule has 0 radical (unpaired) electrons. The van der Waals surface area contributed by atoms with E-state index >= 15 is 0 Å². The van der Waals surface area contributed by atoms with Crippen molar-refractivity contribution in [3.8, 4) is 11.1 Å². The summed E-state index contributed by atoms with van der Waals surface area (Å²) in [7, 11) is 0. The summed E-state index contributed by atoms with van der Waals surface area (Å²) >= 11 is 0. The molecule has 0 bridgehead atoms. The van der Waals surface area contributed by atoms with Crippen molar-refractivity contribution in [2.24, 2.45) is 0 Å². The fourth-order valence-corrected chi connectivity index (χ4v) is 17.7. The van der Waals surface area contributed by atoms with Crippen LogP contribution in [0.15, 0.2) is 156 Å². The number of rotatable bonds is 6. The highest BCUT2D eigenvalue weighted by molar-refractivity contribution is 7.00. The van der Waals surface area contributed by atoms with Gasteiger partial charge in [-0.1, -0.05) is 197 Å². The van der Waals surface area contributed by atoms with Crippen molar-refractivity contribution in [3.05, 3.63) is 213 Å². The molecule has 0 spiro atoms. The highest BCUT2D eigenvalue weighted by Gasteiger charge is 2.48. The number of hydrogen-bond acceptors (Lipinski definition) is 4. The van der Waals surface area contributed by atoms with Gasteiger partial charge >= 0.3 is 0 Å². The normalized spacial score (nSPS) is 18.5. The summed E-state index contributed by atoms with van der Waals surface area (Å²) in [6.45, 7) is 50.5. The summed E-state index contributed by atoms with van der Waals surface area (Å²) in [4.78, 5) is 8.01. The Bertz CT molecular complexity index is 4740. The maximum Gasteiger partial charge on any atom is 0.252 e. The highest BCUT2D eigenvalue weighted by Crippen LogP contribution is 2.57. The molecule has 0 amide bonds. The number of hydrogen-bond donors (Lipinski definition) is 0. The Balaban J connectivity index is 1.10. The Morgan fingerprint density at radius 2 is 0.809 bits per heavy atom. The van der Waals surface area contributed by atoms with Gasteiger partial charge in [0.15, 0.2) is 0 Å². The van der Waals surface area contributed by atoms with Crippen molar-refractivity contribution >= 4 is 96.2 Å². The van der Waals surface area contributed by atoms with Crippen LogP contribution in [-0.4, -0.2) is 6.71 Å². The number of fused-ring (bicyclic) bond motifs is 11. The monoisotopic (exact) mass is 1240 g/mol. The second-order valence-electron chi connectivity index (χ2n) is 35.6. The van der Waals surface area contributed by atoms with Crippen LogP contribution in [-0.2, 0) is 43.3 Å². The van der Waals surface area contributed by atoms with Crippen LogP contribution in [0, 0.1) is 20.8 Å². The van der Waals surface area contributed by atoms with Crippen LogP contribution in [0.4, 0.5) is 51.2 Å². The maximum atomic E-state index is 7.39. The zero-order chi connectivity index (χ0) is 66.7. The van der Waals surface area contributed by atoms with Gasteiger partial charge in [-0.3, -0.25) is 0 Å². The molecule has 15 rings (SSSR count). The molecule has 2 aliphatic heterocycles. The first-order valence-corrected chi connectivity index (χ1v) is 35.4. The van der Waals surface area contributed by atoms with Crippen LogP contribution in [0.3, 0.4) is 0 Å². The SMILES string of the molecule is Cc1ccccc1-c1cc2c3c(c1)N(c1cc4c(cc1C)C(C)(C)CCC4(C)C)c1c(ccc4oc5cc6c(cc5c14)C(C)(C)CCC6(C)C)B3c1ccc(N(c3ccc(C(C)(C)C)cc3)c3ccc(C(C)(C)C)cc3)cc1N2c1cc2c(cc1C)C(C)(C)CCC2(C)C. The minimum Gasteiger partial charge on any atom is -0.456 e. The molecule has 0 saturated carbocycles. The van der Waals surface area contributed by atoms with E-state index in [2.05, 4.69) is 312 Å². The van der Waals surface area contributed by atoms with Crippen molar-refractivity contribution in [2.75, 3.05) is 14.7 Å². The average molecular weight is 1240 g/mol. The summed E-state index contributed by atoms with van der Waals surface area (Å²) in [5, 5.41) is 2.39. The second-order valence-corrected chi connectivity index (χ2v) is 35.6. The van der Waals surface area contributed by atoms with E-state index in [1.165, 1.54) is 134 Å². The minimum atomic E-state index is -0.156. The van der Waals surface area contributed by atoms with Crippen LogP contribution in [0.25, 0.3) is 33.1 Å². The van der Waals surface area contributed by atoms with Crippen molar-refractivity contribution < 1.29 is 4.42 Å². The van der Waals surface area contributed by atoms with E-state index in [4.69, 9.17) is 4.42 Å². The summed E-state index contributed by atoms with van der Waals surface area (Å²) in [5.41, 5.74) is 34.2. The number of furan rings is 1. The average Bonchev–Trinajstić information content (AvgIpc) is 1.10. The van der Waals surface area contributed by atoms with Crippen molar-refractivity contribution in [3.63, 3.8) is 0 Å². The Hall–Kier alpha value is -7.76. The first-order valence-electron chi connectivity index (χ1n) is 35.4. The highest BCUT2D eigenvalue weighted by atomic mass is 16.3. The van der Waals surface area contributed by atoms with E-state index in [1.54, 1.807) is 0 Å². The lowest BCUT2D eigenvalue weighted by atomic mass is 9.33. The largest absolute Gasteiger partial charge is 0.456 e. The molecule has 0 N–H and O–H groups in total. The summed E-state index contributed by atoms with van der Waals surface area (Å²) in [6.07, 6.45) is 6.84. The molecule has 9 aromatic carbocycles. The van der Waals surface area contributed by atoms with Gasteiger partial charge in [0.25, 0.3) is 6.71 Å². The van der Waals surface area contributed by atoms with E-state index in [-0.39, 0.29) is 50.0 Å². The summed E-state index contributed by atoms with van der Waals surface area (Å²) < 4.78 is 7.39. The van der Waals surface area contributed by atoms with E-state index in [0.717, 1.165) is 66.8 Å². The van der Waals surface area contributed by atoms with Crippen LogP contribution < -0.4 is 31.1 Å². The molecule has 0 saturated heterocycles. The fraction of sp³-hybridized carbons (Fsp3) is 0.393. The lowest BCUT2D eigenvalue weighted by Crippen LogP contribution is -2.61. The van der Waals surface area contributed by atoms with Crippen LogP contribution >= 0.6 is 0 Å². The zero-order valence-corrected chi connectivity index (χ0v) is 60.5. The molecule has 94 heavy (non-hydrogen) atoms. The Kier molecular flexibility index (Phi) is 13.7.